The summed E-state index contributed by atoms with van der Waals surface area (Å²) < 4.78 is 26.8. The highest BCUT2D eigenvalue weighted by molar-refractivity contribution is 5.96. The van der Waals surface area contributed by atoms with Gasteiger partial charge < -0.3 is 28.4 Å². The summed E-state index contributed by atoms with van der Waals surface area (Å²) in [6.07, 6.45) is 0.289. The largest absolute Gasteiger partial charge is 0.493 e. The smallest absolute Gasteiger partial charge is 0.232 e. The zero-order valence-corrected chi connectivity index (χ0v) is 16.5. The number of nitrogens with zero attached hydrogens (tertiary/aromatic N) is 3. The summed E-state index contributed by atoms with van der Waals surface area (Å²) in [5.74, 6) is 3.17. The molecule has 1 unspecified atom stereocenters. The van der Waals surface area contributed by atoms with E-state index in [4.69, 9.17) is 23.5 Å². The standard InChI is InChI=1S/C21H19N3O6/c1-26-15-6-4-14(9-17(15)27-2)24-10-13(8-19(24)25)21-22-20(23-30-21)12-3-5-16-18(7-12)29-11-28-16/h3-7,9,13H,8,10-11H2,1-2H3. The van der Waals surface area contributed by atoms with Crippen LogP contribution in [0.1, 0.15) is 18.2 Å². The third-order valence-electron chi connectivity index (χ3n) is 5.23. The van der Waals surface area contributed by atoms with Crippen LogP contribution in [-0.4, -0.2) is 43.6 Å². The Hall–Kier alpha value is -3.75. The molecule has 9 nitrogen and oxygen atoms in total. The van der Waals surface area contributed by atoms with Crippen molar-refractivity contribution in [2.24, 2.45) is 0 Å². The first kappa shape index (κ1) is 18.3. The van der Waals surface area contributed by atoms with Crippen molar-refractivity contribution in [3.63, 3.8) is 0 Å². The number of anilines is 1. The van der Waals surface area contributed by atoms with Crippen LogP contribution in [0.25, 0.3) is 11.4 Å². The maximum Gasteiger partial charge on any atom is 0.232 e. The van der Waals surface area contributed by atoms with E-state index in [0.29, 0.717) is 41.3 Å². The predicted octanol–water partition coefficient (Wildman–Crippen LogP) is 3.00. The minimum atomic E-state index is -0.194. The first-order chi connectivity index (χ1) is 14.7. The molecule has 2 aliphatic heterocycles. The van der Waals surface area contributed by atoms with E-state index in [9.17, 15) is 4.79 Å². The van der Waals surface area contributed by atoms with E-state index in [1.807, 2.05) is 24.3 Å². The zero-order valence-electron chi connectivity index (χ0n) is 16.5. The second kappa shape index (κ2) is 7.25. The van der Waals surface area contributed by atoms with Crippen LogP contribution < -0.4 is 23.8 Å². The molecule has 0 spiro atoms. The third kappa shape index (κ3) is 3.08. The van der Waals surface area contributed by atoms with Crippen molar-refractivity contribution in [2.45, 2.75) is 12.3 Å². The molecule has 0 bridgehead atoms. The molecule has 1 saturated heterocycles. The minimum Gasteiger partial charge on any atom is -0.493 e. The fraction of sp³-hybridized carbons (Fsp3) is 0.286. The summed E-state index contributed by atoms with van der Waals surface area (Å²) in [6.45, 7) is 0.642. The Bertz CT molecular complexity index is 1110. The van der Waals surface area contributed by atoms with E-state index in [1.54, 1.807) is 31.3 Å². The molecular weight excluding hydrogens is 390 g/mol. The molecule has 1 fully saturated rings. The molecule has 2 aromatic carbocycles. The van der Waals surface area contributed by atoms with Crippen molar-refractivity contribution in [1.29, 1.82) is 0 Å². The average molecular weight is 409 g/mol. The van der Waals surface area contributed by atoms with Gasteiger partial charge in [-0.2, -0.15) is 4.98 Å². The Balaban J connectivity index is 1.36. The van der Waals surface area contributed by atoms with Crippen LogP contribution in [0.3, 0.4) is 0 Å². The Morgan fingerprint density at radius 1 is 1.03 bits per heavy atom. The molecule has 9 heteroatoms. The Morgan fingerprint density at radius 2 is 1.87 bits per heavy atom. The van der Waals surface area contributed by atoms with E-state index >= 15 is 0 Å². The van der Waals surface area contributed by atoms with E-state index in [2.05, 4.69) is 10.1 Å². The normalized spacial score (nSPS) is 17.5. The highest BCUT2D eigenvalue weighted by atomic mass is 16.7. The number of aromatic nitrogens is 2. The summed E-state index contributed by atoms with van der Waals surface area (Å²) in [7, 11) is 3.13. The molecule has 1 atom stereocenters. The summed E-state index contributed by atoms with van der Waals surface area (Å²) >= 11 is 0. The second-order valence-corrected chi connectivity index (χ2v) is 6.97. The SMILES string of the molecule is COc1ccc(N2CC(c3nc(-c4ccc5c(c4)OCO5)no3)CC2=O)cc1OC. The van der Waals surface area contributed by atoms with Crippen molar-refractivity contribution in [1.82, 2.24) is 10.1 Å². The van der Waals surface area contributed by atoms with Crippen LogP contribution in [-0.2, 0) is 4.79 Å². The number of hydrogen-bond acceptors (Lipinski definition) is 8. The van der Waals surface area contributed by atoms with E-state index in [0.717, 1.165) is 11.3 Å². The molecule has 2 aliphatic rings. The van der Waals surface area contributed by atoms with Gasteiger partial charge in [0.05, 0.1) is 20.1 Å². The topological polar surface area (TPSA) is 96.2 Å². The van der Waals surface area contributed by atoms with Gasteiger partial charge >= 0.3 is 0 Å². The Labute approximate surface area is 172 Å². The molecule has 1 amide bonds. The van der Waals surface area contributed by atoms with E-state index < -0.39 is 0 Å². The fourth-order valence-corrected chi connectivity index (χ4v) is 3.67. The lowest BCUT2D eigenvalue weighted by Crippen LogP contribution is -2.24. The first-order valence-electron chi connectivity index (χ1n) is 9.42. The van der Waals surface area contributed by atoms with Gasteiger partial charge in [-0.05, 0) is 30.3 Å². The molecule has 3 aromatic rings. The van der Waals surface area contributed by atoms with Crippen LogP contribution in [0, 0.1) is 0 Å². The molecule has 154 valence electrons. The van der Waals surface area contributed by atoms with Gasteiger partial charge in [-0.3, -0.25) is 4.79 Å². The molecule has 0 saturated carbocycles. The molecule has 3 heterocycles. The minimum absolute atomic E-state index is 0.0185. The molecule has 0 N–H and O–H groups in total. The molecule has 5 rings (SSSR count). The highest BCUT2D eigenvalue weighted by Crippen LogP contribution is 2.38. The quantitative estimate of drug-likeness (QED) is 0.635. The number of carbonyl (C=O) groups is 1. The fourth-order valence-electron chi connectivity index (χ4n) is 3.67. The number of fused-ring (bicyclic) bond motifs is 1. The first-order valence-corrected chi connectivity index (χ1v) is 9.42. The van der Waals surface area contributed by atoms with Crippen molar-refractivity contribution in [2.75, 3.05) is 32.5 Å². The van der Waals surface area contributed by atoms with Crippen LogP contribution in [0.4, 0.5) is 5.69 Å². The van der Waals surface area contributed by atoms with Crippen LogP contribution in [0.15, 0.2) is 40.9 Å². The van der Waals surface area contributed by atoms with Gasteiger partial charge in [-0.1, -0.05) is 5.16 Å². The van der Waals surface area contributed by atoms with E-state index in [1.165, 1.54) is 0 Å². The lowest BCUT2D eigenvalue weighted by Gasteiger charge is -2.18. The molecule has 30 heavy (non-hydrogen) atoms. The van der Waals surface area contributed by atoms with Crippen molar-refractivity contribution in [3.8, 4) is 34.4 Å². The van der Waals surface area contributed by atoms with Gasteiger partial charge in [0.25, 0.3) is 0 Å². The maximum absolute atomic E-state index is 12.7. The summed E-state index contributed by atoms with van der Waals surface area (Å²) in [4.78, 5) is 18.9. The molecule has 1 aromatic heterocycles. The number of amides is 1. The van der Waals surface area contributed by atoms with Crippen LogP contribution in [0.2, 0.25) is 0 Å². The second-order valence-electron chi connectivity index (χ2n) is 6.97. The number of carbonyl (C=O) groups excluding carboxylic acids is 1. The Morgan fingerprint density at radius 3 is 2.70 bits per heavy atom. The van der Waals surface area contributed by atoms with Crippen molar-refractivity contribution >= 4 is 11.6 Å². The summed E-state index contributed by atoms with van der Waals surface area (Å²) in [6, 6.07) is 10.9. The maximum atomic E-state index is 12.7. The number of benzene rings is 2. The van der Waals surface area contributed by atoms with Crippen LogP contribution >= 0.6 is 0 Å². The summed E-state index contributed by atoms with van der Waals surface area (Å²) in [5, 5.41) is 4.08. The Kier molecular flexibility index (Phi) is 4.42. The lowest BCUT2D eigenvalue weighted by molar-refractivity contribution is -0.117. The van der Waals surface area contributed by atoms with Crippen LogP contribution in [0.5, 0.6) is 23.0 Å². The molecule has 0 aliphatic carbocycles. The van der Waals surface area contributed by atoms with Gasteiger partial charge in [-0.25, -0.2) is 0 Å². The number of ether oxygens (including phenoxy) is 4. The van der Waals surface area contributed by atoms with Gasteiger partial charge in [0.1, 0.15) is 0 Å². The van der Waals surface area contributed by atoms with Crippen molar-refractivity contribution < 1.29 is 28.3 Å². The van der Waals surface area contributed by atoms with Crippen molar-refractivity contribution in [3.05, 3.63) is 42.3 Å². The molecular formula is C21H19N3O6. The van der Waals surface area contributed by atoms with Gasteiger partial charge in [0.2, 0.25) is 24.4 Å². The number of hydrogen-bond donors (Lipinski definition) is 0. The monoisotopic (exact) mass is 409 g/mol. The number of methoxy groups -OCH3 is 2. The lowest BCUT2D eigenvalue weighted by atomic mass is 10.1. The predicted molar refractivity (Wildman–Crippen MR) is 105 cm³/mol. The van der Waals surface area contributed by atoms with Gasteiger partial charge in [0.15, 0.2) is 23.0 Å². The zero-order chi connectivity index (χ0) is 20.7. The van der Waals surface area contributed by atoms with Gasteiger partial charge in [-0.15, -0.1) is 0 Å². The summed E-state index contributed by atoms with van der Waals surface area (Å²) in [5.41, 5.74) is 1.49. The number of rotatable bonds is 5. The van der Waals surface area contributed by atoms with Gasteiger partial charge in [0, 0.05) is 30.3 Å². The average Bonchev–Trinajstić information content (AvgIpc) is 3.51. The highest BCUT2D eigenvalue weighted by Gasteiger charge is 2.35. The van der Waals surface area contributed by atoms with E-state index in [-0.39, 0.29) is 25.0 Å². The molecule has 0 radical (unpaired) electrons. The third-order valence-corrected chi connectivity index (χ3v) is 5.23.